The first kappa shape index (κ1) is 15.8. The van der Waals surface area contributed by atoms with Crippen LogP contribution in [0.1, 0.15) is 30.3 Å². The Kier molecular flexibility index (Phi) is 5.17. The number of aromatic nitrogens is 4. The zero-order chi connectivity index (χ0) is 15.4. The highest BCUT2D eigenvalue weighted by Gasteiger charge is 2.09. The number of nitrogens with one attached hydrogen (secondary N) is 1. The van der Waals surface area contributed by atoms with Crippen molar-refractivity contribution in [2.24, 2.45) is 0 Å². The Balaban J connectivity index is 1.82. The molecule has 2 heterocycles. The lowest BCUT2D eigenvalue weighted by atomic mass is 10.2. The number of rotatable bonds is 6. The van der Waals surface area contributed by atoms with Crippen LogP contribution in [0.2, 0.25) is 0 Å². The highest BCUT2D eigenvalue weighted by atomic mass is 79.9. The van der Waals surface area contributed by atoms with Crippen molar-refractivity contribution in [3.8, 4) is 0 Å². The molecule has 2 rings (SSSR count). The Morgan fingerprint density at radius 2 is 1.95 bits per heavy atom. The van der Waals surface area contributed by atoms with Crippen molar-refractivity contribution >= 4 is 21.8 Å². The highest BCUT2D eigenvalue weighted by molar-refractivity contribution is 9.10. The SMILES string of the molecule is CCn1ncc(CNC(=O)CCn2ncc(Br)c2C)c1C. The molecule has 2 aromatic heterocycles. The van der Waals surface area contributed by atoms with E-state index in [2.05, 4.69) is 31.4 Å². The fourth-order valence-electron chi connectivity index (χ4n) is 2.12. The largest absolute Gasteiger partial charge is 0.352 e. The van der Waals surface area contributed by atoms with Gasteiger partial charge in [-0.1, -0.05) is 0 Å². The van der Waals surface area contributed by atoms with Crippen LogP contribution in [0, 0.1) is 13.8 Å². The summed E-state index contributed by atoms with van der Waals surface area (Å²) in [6, 6.07) is 0. The molecule has 0 aromatic carbocycles. The van der Waals surface area contributed by atoms with Crippen molar-refractivity contribution in [1.29, 1.82) is 0 Å². The topological polar surface area (TPSA) is 64.7 Å². The molecule has 0 bridgehead atoms. The van der Waals surface area contributed by atoms with E-state index in [1.54, 1.807) is 6.20 Å². The predicted octanol–water partition coefficient (Wildman–Crippen LogP) is 2.19. The molecule has 0 fully saturated rings. The van der Waals surface area contributed by atoms with Gasteiger partial charge in [0.15, 0.2) is 0 Å². The van der Waals surface area contributed by atoms with Crippen molar-refractivity contribution in [2.45, 2.75) is 46.8 Å². The zero-order valence-corrected chi connectivity index (χ0v) is 14.1. The number of carbonyl (C=O) groups excluding carboxylic acids is 1. The average molecular weight is 354 g/mol. The molecule has 114 valence electrons. The molecule has 0 saturated carbocycles. The Morgan fingerprint density at radius 3 is 2.52 bits per heavy atom. The maximum absolute atomic E-state index is 11.9. The van der Waals surface area contributed by atoms with E-state index in [4.69, 9.17) is 0 Å². The van der Waals surface area contributed by atoms with E-state index >= 15 is 0 Å². The third-order valence-corrected chi connectivity index (χ3v) is 4.35. The van der Waals surface area contributed by atoms with Gasteiger partial charge in [-0.05, 0) is 36.7 Å². The number of hydrogen-bond acceptors (Lipinski definition) is 3. The molecule has 7 heteroatoms. The monoisotopic (exact) mass is 353 g/mol. The van der Waals surface area contributed by atoms with Crippen molar-refractivity contribution in [1.82, 2.24) is 24.9 Å². The minimum absolute atomic E-state index is 0.0182. The third-order valence-electron chi connectivity index (χ3n) is 3.57. The van der Waals surface area contributed by atoms with Crippen molar-refractivity contribution in [2.75, 3.05) is 0 Å². The number of amides is 1. The van der Waals surface area contributed by atoms with Crippen LogP contribution in [-0.2, 0) is 24.4 Å². The summed E-state index contributed by atoms with van der Waals surface area (Å²) in [6.07, 6.45) is 3.97. The van der Waals surface area contributed by atoms with E-state index in [1.807, 2.05) is 36.3 Å². The van der Waals surface area contributed by atoms with Gasteiger partial charge >= 0.3 is 0 Å². The van der Waals surface area contributed by atoms with E-state index in [-0.39, 0.29) is 5.91 Å². The molecule has 0 radical (unpaired) electrons. The van der Waals surface area contributed by atoms with Gasteiger partial charge in [-0.3, -0.25) is 14.2 Å². The van der Waals surface area contributed by atoms with Crippen LogP contribution in [0.4, 0.5) is 0 Å². The second kappa shape index (κ2) is 6.89. The van der Waals surface area contributed by atoms with Crippen LogP contribution in [0.25, 0.3) is 0 Å². The lowest BCUT2D eigenvalue weighted by Crippen LogP contribution is -2.24. The molecule has 0 saturated heterocycles. The third kappa shape index (κ3) is 3.72. The van der Waals surface area contributed by atoms with E-state index in [0.717, 1.165) is 28.0 Å². The van der Waals surface area contributed by atoms with E-state index in [0.29, 0.717) is 19.5 Å². The fourth-order valence-corrected chi connectivity index (χ4v) is 2.41. The van der Waals surface area contributed by atoms with Gasteiger partial charge in [0, 0.05) is 43.0 Å². The fraction of sp³-hybridized carbons (Fsp3) is 0.500. The first-order valence-corrected chi connectivity index (χ1v) is 7.78. The van der Waals surface area contributed by atoms with Crippen LogP contribution in [0.3, 0.4) is 0 Å². The minimum atomic E-state index is 0.0182. The van der Waals surface area contributed by atoms with Crippen molar-refractivity contribution in [3.05, 3.63) is 33.8 Å². The lowest BCUT2D eigenvalue weighted by molar-refractivity contribution is -0.121. The van der Waals surface area contributed by atoms with Gasteiger partial charge < -0.3 is 5.32 Å². The molecular formula is C14H20BrN5O. The smallest absolute Gasteiger partial charge is 0.222 e. The molecular weight excluding hydrogens is 334 g/mol. The lowest BCUT2D eigenvalue weighted by Gasteiger charge is -2.07. The molecule has 0 aliphatic rings. The zero-order valence-electron chi connectivity index (χ0n) is 12.6. The van der Waals surface area contributed by atoms with Crippen LogP contribution >= 0.6 is 15.9 Å². The van der Waals surface area contributed by atoms with Crippen molar-refractivity contribution < 1.29 is 4.79 Å². The predicted molar refractivity (Wildman–Crippen MR) is 83.8 cm³/mol. The Labute approximate surface area is 132 Å². The normalized spacial score (nSPS) is 10.9. The van der Waals surface area contributed by atoms with Crippen LogP contribution in [0.15, 0.2) is 16.9 Å². The molecule has 0 aliphatic carbocycles. The maximum atomic E-state index is 11.9. The summed E-state index contributed by atoms with van der Waals surface area (Å²) in [4.78, 5) is 11.9. The summed E-state index contributed by atoms with van der Waals surface area (Å²) < 4.78 is 4.71. The van der Waals surface area contributed by atoms with Crippen LogP contribution < -0.4 is 5.32 Å². The molecule has 2 aromatic rings. The van der Waals surface area contributed by atoms with Gasteiger partial charge in [0.05, 0.1) is 16.9 Å². The standard InChI is InChI=1S/C14H20BrN5O/c1-4-19-10(2)12(8-17-19)7-16-14(21)5-6-20-11(3)13(15)9-18-20/h8-9H,4-7H2,1-3H3,(H,16,21). The molecule has 1 amide bonds. The quantitative estimate of drug-likeness (QED) is 0.865. The highest BCUT2D eigenvalue weighted by Crippen LogP contribution is 2.14. The molecule has 0 atom stereocenters. The summed E-state index contributed by atoms with van der Waals surface area (Å²) >= 11 is 3.41. The number of nitrogens with zero attached hydrogens (tertiary/aromatic N) is 4. The van der Waals surface area contributed by atoms with E-state index < -0.39 is 0 Å². The molecule has 0 spiro atoms. The van der Waals surface area contributed by atoms with Gasteiger partial charge in [-0.15, -0.1) is 0 Å². The first-order chi connectivity index (χ1) is 10.0. The van der Waals surface area contributed by atoms with E-state index in [1.165, 1.54) is 0 Å². The van der Waals surface area contributed by atoms with Gasteiger partial charge in [-0.2, -0.15) is 10.2 Å². The summed E-state index contributed by atoms with van der Waals surface area (Å²) in [5, 5.41) is 11.4. The summed E-state index contributed by atoms with van der Waals surface area (Å²) in [5.41, 5.74) is 3.19. The molecule has 6 nitrogen and oxygen atoms in total. The second-order valence-corrected chi connectivity index (χ2v) is 5.75. The van der Waals surface area contributed by atoms with E-state index in [9.17, 15) is 4.79 Å². The average Bonchev–Trinajstić information content (AvgIpc) is 2.99. The van der Waals surface area contributed by atoms with Crippen LogP contribution in [-0.4, -0.2) is 25.5 Å². The van der Waals surface area contributed by atoms with Crippen molar-refractivity contribution in [3.63, 3.8) is 0 Å². The Hall–Kier alpha value is -1.63. The van der Waals surface area contributed by atoms with Gasteiger partial charge in [0.25, 0.3) is 0 Å². The molecule has 1 N–H and O–H groups in total. The maximum Gasteiger partial charge on any atom is 0.222 e. The van der Waals surface area contributed by atoms with Crippen LogP contribution in [0.5, 0.6) is 0 Å². The summed E-state index contributed by atoms with van der Waals surface area (Å²) in [5.74, 6) is 0.0182. The number of aryl methyl sites for hydroxylation is 2. The Bertz CT molecular complexity index is 631. The summed E-state index contributed by atoms with van der Waals surface area (Å²) in [7, 11) is 0. The number of hydrogen-bond donors (Lipinski definition) is 1. The first-order valence-electron chi connectivity index (χ1n) is 6.98. The van der Waals surface area contributed by atoms with Gasteiger partial charge in [-0.25, -0.2) is 0 Å². The second-order valence-electron chi connectivity index (χ2n) is 4.90. The molecule has 0 aliphatic heterocycles. The number of halogens is 1. The molecule has 0 unspecified atom stereocenters. The van der Waals surface area contributed by atoms with Gasteiger partial charge in [0.2, 0.25) is 5.91 Å². The van der Waals surface area contributed by atoms with Gasteiger partial charge in [0.1, 0.15) is 0 Å². The molecule has 21 heavy (non-hydrogen) atoms. The summed E-state index contributed by atoms with van der Waals surface area (Å²) in [6.45, 7) is 7.98. The number of carbonyl (C=O) groups is 1. The Morgan fingerprint density at radius 1 is 1.24 bits per heavy atom. The minimum Gasteiger partial charge on any atom is -0.352 e.